The fourth-order valence-electron chi connectivity index (χ4n) is 1.60. The monoisotopic (exact) mass is 266 g/mol. The molecule has 0 amide bonds. The van der Waals surface area contributed by atoms with E-state index < -0.39 is 16.8 Å². The highest BCUT2D eigenvalue weighted by Crippen LogP contribution is 2.24. The Hall–Kier alpha value is -1.69. The second kappa shape index (κ2) is 4.53. The van der Waals surface area contributed by atoms with Gasteiger partial charge in [-0.2, -0.15) is 17.6 Å². The van der Waals surface area contributed by atoms with Crippen molar-refractivity contribution in [2.24, 2.45) is 0 Å². The first-order chi connectivity index (χ1) is 8.38. The molecule has 18 heavy (non-hydrogen) atoms. The van der Waals surface area contributed by atoms with Crippen molar-refractivity contribution in [3.8, 4) is 0 Å². The SMILES string of the molecule is CC(C)(S)[C@@H](Nc1nc2ccccc2o1)C(=O)O. The number of aromatic nitrogens is 1. The minimum absolute atomic E-state index is 0.186. The molecule has 1 aromatic heterocycles. The largest absolute Gasteiger partial charge is 0.480 e. The number of carboxylic acid groups (broad SMARTS) is 1. The van der Waals surface area contributed by atoms with Crippen molar-refractivity contribution in [2.75, 3.05) is 5.32 Å². The Labute approximate surface area is 110 Å². The summed E-state index contributed by atoms with van der Waals surface area (Å²) in [7, 11) is 0. The number of carboxylic acids is 1. The fourth-order valence-corrected chi connectivity index (χ4v) is 1.77. The Bertz CT molecular complexity index is 541. The van der Waals surface area contributed by atoms with Gasteiger partial charge in [0, 0.05) is 4.75 Å². The molecule has 0 radical (unpaired) electrons. The number of rotatable bonds is 4. The van der Waals surface area contributed by atoms with Crippen LogP contribution in [0.2, 0.25) is 0 Å². The van der Waals surface area contributed by atoms with Crippen LogP contribution in [0.1, 0.15) is 13.8 Å². The molecule has 2 rings (SSSR count). The molecule has 0 aliphatic heterocycles. The van der Waals surface area contributed by atoms with Gasteiger partial charge in [0.15, 0.2) is 5.58 Å². The van der Waals surface area contributed by atoms with Crippen LogP contribution >= 0.6 is 12.6 Å². The van der Waals surface area contributed by atoms with Gasteiger partial charge in [0.05, 0.1) is 0 Å². The van der Waals surface area contributed by atoms with Crippen LogP contribution in [0, 0.1) is 0 Å². The quantitative estimate of drug-likeness (QED) is 0.741. The van der Waals surface area contributed by atoms with E-state index in [-0.39, 0.29) is 6.01 Å². The van der Waals surface area contributed by atoms with Crippen LogP contribution in [-0.2, 0) is 4.79 Å². The summed E-state index contributed by atoms with van der Waals surface area (Å²) >= 11 is 4.27. The van der Waals surface area contributed by atoms with Gasteiger partial charge in [-0.1, -0.05) is 12.1 Å². The molecule has 0 aliphatic rings. The molecule has 0 saturated heterocycles. The second-order valence-corrected chi connectivity index (χ2v) is 5.71. The average Bonchev–Trinajstić information content (AvgIpc) is 2.66. The summed E-state index contributed by atoms with van der Waals surface area (Å²) in [5, 5.41) is 11.9. The summed E-state index contributed by atoms with van der Waals surface area (Å²) in [6, 6.07) is 6.53. The van der Waals surface area contributed by atoms with Gasteiger partial charge in [-0.15, -0.1) is 0 Å². The van der Waals surface area contributed by atoms with E-state index in [4.69, 9.17) is 9.52 Å². The third-order valence-corrected chi connectivity index (χ3v) is 2.77. The van der Waals surface area contributed by atoms with E-state index in [1.807, 2.05) is 12.1 Å². The van der Waals surface area contributed by atoms with Crippen molar-refractivity contribution in [1.82, 2.24) is 4.98 Å². The Kier molecular flexibility index (Phi) is 3.21. The number of hydrogen-bond donors (Lipinski definition) is 3. The number of anilines is 1. The first-order valence-corrected chi connectivity index (χ1v) is 5.90. The molecule has 0 fully saturated rings. The zero-order chi connectivity index (χ0) is 13.3. The first-order valence-electron chi connectivity index (χ1n) is 5.45. The molecular formula is C12H14N2O3S. The molecule has 0 spiro atoms. The Morgan fingerprint density at radius 2 is 2.17 bits per heavy atom. The molecule has 5 nitrogen and oxygen atoms in total. The highest BCUT2D eigenvalue weighted by molar-refractivity contribution is 7.81. The summed E-state index contributed by atoms with van der Waals surface area (Å²) < 4.78 is 4.68. The van der Waals surface area contributed by atoms with Crippen molar-refractivity contribution >= 4 is 35.7 Å². The van der Waals surface area contributed by atoms with E-state index in [0.29, 0.717) is 11.1 Å². The van der Waals surface area contributed by atoms with E-state index in [1.54, 1.807) is 26.0 Å². The standard InChI is InChI=1S/C12H14N2O3S/c1-12(2,18)9(10(15)16)14-11-13-7-5-3-4-6-8(7)17-11/h3-6,9,18H,1-2H3,(H,13,14)(H,15,16)/t9-/m0/s1. The number of para-hydroxylation sites is 2. The Morgan fingerprint density at radius 1 is 1.50 bits per heavy atom. The number of nitrogens with zero attached hydrogens (tertiary/aromatic N) is 1. The van der Waals surface area contributed by atoms with Crippen LogP contribution in [0.25, 0.3) is 11.1 Å². The van der Waals surface area contributed by atoms with Gasteiger partial charge in [-0.25, -0.2) is 4.79 Å². The van der Waals surface area contributed by atoms with Crippen LogP contribution < -0.4 is 5.32 Å². The third-order valence-electron chi connectivity index (χ3n) is 2.52. The van der Waals surface area contributed by atoms with E-state index in [1.165, 1.54) is 0 Å². The molecule has 6 heteroatoms. The molecular weight excluding hydrogens is 252 g/mol. The minimum Gasteiger partial charge on any atom is -0.480 e. The van der Waals surface area contributed by atoms with Crippen LogP contribution in [-0.4, -0.2) is 26.8 Å². The molecule has 2 aromatic rings. The van der Waals surface area contributed by atoms with Gasteiger partial charge in [-0.3, -0.25) is 0 Å². The summed E-state index contributed by atoms with van der Waals surface area (Å²) in [5.41, 5.74) is 1.29. The normalized spacial score (nSPS) is 13.5. The maximum Gasteiger partial charge on any atom is 0.327 e. The Balaban J connectivity index is 2.29. The van der Waals surface area contributed by atoms with Crippen LogP contribution in [0.15, 0.2) is 28.7 Å². The molecule has 0 bridgehead atoms. The van der Waals surface area contributed by atoms with Gasteiger partial charge in [0.25, 0.3) is 6.01 Å². The first kappa shape index (κ1) is 12.8. The lowest BCUT2D eigenvalue weighted by Crippen LogP contribution is -2.44. The van der Waals surface area contributed by atoms with Gasteiger partial charge in [0.2, 0.25) is 0 Å². The number of thiol groups is 1. The maximum atomic E-state index is 11.2. The second-order valence-electron chi connectivity index (χ2n) is 4.56. The van der Waals surface area contributed by atoms with Crippen molar-refractivity contribution in [3.05, 3.63) is 24.3 Å². The van der Waals surface area contributed by atoms with Gasteiger partial charge in [0.1, 0.15) is 11.6 Å². The smallest absolute Gasteiger partial charge is 0.327 e. The summed E-state index contributed by atoms with van der Waals surface area (Å²) in [6.07, 6.45) is 0. The number of aliphatic carboxylic acids is 1. The molecule has 0 saturated carbocycles. The van der Waals surface area contributed by atoms with Crippen molar-refractivity contribution in [2.45, 2.75) is 24.6 Å². The van der Waals surface area contributed by atoms with Crippen molar-refractivity contribution in [1.29, 1.82) is 0 Å². The molecule has 0 unspecified atom stereocenters. The van der Waals surface area contributed by atoms with Gasteiger partial charge < -0.3 is 14.8 Å². The lowest BCUT2D eigenvalue weighted by Gasteiger charge is -2.25. The number of benzene rings is 1. The molecule has 1 aromatic carbocycles. The van der Waals surface area contributed by atoms with E-state index in [0.717, 1.165) is 0 Å². The third kappa shape index (κ3) is 2.59. The Morgan fingerprint density at radius 3 is 2.72 bits per heavy atom. The fraction of sp³-hybridized carbons (Fsp3) is 0.333. The summed E-state index contributed by atoms with van der Waals surface area (Å²) in [5.74, 6) is -1.00. The zero-order valence-corrected chi connectivity index (χ0v) is 10.9. The molecule has 1 atom stereocenters. The summed E-state index contributed by atoms with van der Waals surface area (Å²) in [6.45, 7) is 3.43. The highest BCUT2D eigenvalue weighted by atomic mass is 32.1. The molecule has 1 heterocycles. The van der Waals surface area contributed by atoms with Crippen molar-refractivity contribution in [3.63, 3.8) is 0 Å². The predicted molar refractivity (Wildman–Crippen MR) is 72.1 cm³/mol. The van der Waals surface area contributed by atoms with E-state index in [2.05, 4.69) is 22.9 Å². The summed E-state index contributed by atoms with van der Waals surface area (Å²) in [4.78, 5) is 15.4. The van der Waals surface area contributed by atoms with Crippen molar-refractivity contribution < 1.29 is 14.3 Å². The number of oxazole rings is 1. The van der Waals surface area contributed by atoms with Gasteiger partial charge >= 0.3 is 5.97 Å². The lowest BCUT2D eigenvalue weighted by molar-refractivity contribution is -0.138. The lowest BCUT2D eigenvalue weighted by atomic mass is 10.0. The number of nitrogens with one attached hydrogen (secondary N) is 1. The maximum absolute atomic E-state index is 11.2. The highest BCUT2D eigenvalue weighted by Gasteiger charge is 2.33. The minimum atomic E-state index is -1.00. The molecule has 0 aliphatic carbocycles. The van der Waals surface area contributed by atoms with E-state index >= 15 is 0 Å². The van der Waals surface area contributed by atoms with Crippen LogP contribution in [0.3, 0.4) is 0 Å². The number of carbonyl (C=O) groups is 1. The van der Waals surface area contributed by atoms with Crippen LogP contribution in [0.5, 0.6) is 0 Å². The number of hydrogen-bond acceptors (Lipinski definition) is 5. The van der Waals surface area contributed by atoms with Gasteiger partial charge in [-0.05, 0) is 26.0 Å². The average molecular weight is 266 g/mol. The predicted octanol–water partition coefficient (Wildman–Crippen LogP) is 2.40. The number of fused-ring (bicyclic) bond motifs is 1. The molecule has 2 N–H and O–H groups in total. The van der Waals surface area contributed by atoms with E-state index in [9.17, 15) is 4.79 Å². The zero-order valence-electron chi connectivity index (χ0n) is 10.0. The van der Waals surface area contributed by atoms with Crippen LogP contribution in [0.4, 0.5) is 6.01 Å². The topological polar surface area (TPSA) is 75.4 Å². The molecule has 96 valence electrons.